The first-order chi connectivity index (χ1) is 19.7. The summed E-state index contributed by atoms with van der Waals surface area (Å²) in [5, 5.41) is 0. The van der Waals surface area contributed by atoms with Crippen LogP contribution in [0.15, 0.2) is 73.8 Å². The van der Waals surface area contributed by atoms with Crippen LogP contribution in [0.5, 0.6) is 0 Å². The maximum atomic E-state index is 3.62. The number of imidazole rings is 4. The van der Waals surface area contributed by atoms with E-state index < -0.39 is 0 Å². The van der Waals surface area contributed by atoms with Crippen LogP contribution in [0.3, 0.4) is 0 Å². The summed E-state index contributed by atoms with van der Waals surface area (Å²) in [4.78, 5) is 0. The van der Waals surface area contributed by atoms with Crippen molar-refractivity contribution in [1.82, 2.24) is 18.3 Å². The van der Waals surface area contributed by atoms with Gasteiger partial charge < -0.3 is 36.5 Å². The molecule has 0 unspecified atom stereocenters. The van der Waals surface area contributed by atoms with Gasteiger partial charge in [0.1, 0.15) is 0 Å². The van der Waals surface area contributed by atoms with E-state index in [1.165, 1.54) is 44.5 Å². The average molecular weight is 525 g/mol. The molecule has 0 atom stereocenters. The van der Waals surface area contributed by atoms with Gasteiger partial charge in [-0.25, -0.2) is 0 Å². The van der Waals surface area contributed by atoms with Gasteiger partial charge in [0.2, 0.25) is 25.3 Å². The SMILES string of the molecule is [c-]1n2cc[n+]1Cc1cc3c4cc1C[n+]1[c-]n(cc1)Cc1cc(c(cc1C2)C[n+]1[c-]n(cc1)C3)C[n+]1[c-]n(cc1)C4. The first-order valence-electron chi connectivity index (χ1n) is 13.9. The van der Waals surface area contributed by atoms with Crippen LogP contribution in [-0.4, -0.2) is 18.3 Å². The van der Waals surface area contributed by atoms with Crippen LogP contribution in [0.25, 0.3) is 0 Å². The number of benzene rings is 2. The molecule has 0 amide bonds. The minimum absolute atomic E-state index is 0.763. The van der Waals surface area contributed by atoms with Crippen molar-refractivity contribution in [3.63, 3.8) is 0 Å². The van der Waals surface area contributed by atoms with E-state index in [1.54, 1.807) is 0 Å². The number of rotatable bonds is 0. The zero-order valence-corrected chi connectivity index (χ0v) is 22.2. The van der Waals surface area contributed by atoms with Crippen LogP contribution in [-0.2, 0) is 52.4 Å². The molecule has 0 spiro atoms. The zero-order chi connectivity index (χ0) is 26.2. The molecule has 6 aromatic rings. The second-order valence-electron chi connectivity index (χ2n) is 11.4. The molecule has 2 aliphatic heterocycles. The topological polar surface area (TPSA) is 35.2 Å². The highest BCUT2D eigenvalue weighted by Gasteiger charge is 2.20. The number of aromatic nitrogens is 8. The first-order valence-corrected chi connectivity index (χ1v) is 13.9. The lowest BCUT2D eigenvalue weighted by atomic mass is 9.97. The largest absolute Gasteiger partial charge is 0.347 e. The fraction of sp³-hybridized carbons (Fsp3) is 0.250. The molecule has 0 saturated heterocycles. The van der Waals surface area contributed by atoms with E-state index in [2.05, 4.69) is 136 Å². The summed E-state index contributed by atoms with van der Waals surface area (Å²) in [5.74, 6) is 0. The Bertz CT molecular complexity index is 1530. The predicted molar refractivity (Wildman–Crippen MR) is 140 cm³/mol. The molecule has 2 aliphatic rings. The molecule has 8 bridgehead atoms. The average Bonchev–Trinajstić information content (AvgIpc) is 3.73. The Balaban J connectivity index is 1.39. The third kappa shape index (κ3) is 3.82. The number of nitrogens with zero attached hydrogens (tertiary/aromatic N) is 8. The lowest BCUT2D eigenvalue weighted by molar-refractivity contribution is -0.697. The molecule has 8 nitrogen and oxygen atoms in total. The first kappa shape index (κ1) is 22.1. The quantitative estimate of drug-likeness (QED) is 0.206. The minimum atomic E-state index is 0.763. The Morgan fingerprint density at radius 3 is 0.875 bits per heavy atom. The van der Waals surface area contributed by atoms with Crippen LogP contribution in [0.1, 0.15) is 44.5 Å². The van der Waals surface area contributed by atoms with E-state index in [0.717, 1.165) is 52.4 Å². The Morgan fingerprint density at radius 1 is 0.375 bits per heavy atom. The summed E-state index contributed by atoms with van der Waals surface area (Å²) in [7, 11) is 0. The van der Waals surface area contributed by atoms with Gasteiger partial charge in [0.05, 0.1) is 52.4 Å². The van der Waals surface area contributed by atoms with E-state index in [-0.39, 0.29) is 0 Å². The monoisotopic (exact) mass is 524 g/mol. The minimum Gasteiger partial charge on any atom is -0.347 e. The van der Waals surface area contributed by atoms with Gasteiger partial charge in [-0.1, -0.05) is 0 Å². The second kappa shape index (κ2) is 8.39. The van der Waals surface area contributed by atoms with Crippen molar-refractivity contribution in [3.8, 4) is 0 Å². The highest BCUT2D eigenvalue weighted by Crippen LogP contribution is 2.23. The molecule has 8 heteroatoms. The van der Waals surface area contributed by atoms with Gasteiger partial charge in [-0.15, -0.1) is 0 Å². The van der Waals surface area contributed by atoms with Crippen LogP contribution >= 0.6 is 0 Å². The highest BCUT2D eigenvalue weighted by molar-refractivity contribution is 5.40. The van der Waals surface area contributed by atoms with Crippen molar-refractivity contribution < 1.29 is 18.3 Å². The van der Waals surface area contributed by atoms with Gasteiger partial charge in [-0.2, -0.15) is 0 Å². The highest BCUT2D eigenvalue weighted by atomic mass is 15.1. The molecule has 40 heavy (non-hydrogen) atoms. The number of hydrogen-bond acceptors (Lipinski definition) is 0. The molecule has 0 saturated carbocycles. The Kier molecular flexibility index (Phi) is 4.64. The maximum Gasteiger partial charge on any atom is 0.204 e. The van der Waals surface area contributed by atoms with Crippen LogP contribution in [0.2, 0.25) is 0 Å². The fourth-order valence-electron chi connectivity index (χ4n) is 6.50. The van der Waals surface area contributed by atoms with Gasteiger partial charge in [0, 0.05) is 0 Å². The van der Waals surface area contributed by atoms with E-state index in [0.29, 0.717) is 0 Å². The molecule has 2 aromatic carbocycles. The molecule has 0 fully saturated rings. The van der Waals surface area contributed by atoms with Gasteiger partial charge in [-0.05, 0) is 118 Å². The summed E-state index contributed by atoms with van der Waals surface area (Å²) in [6, 6.07) is 9.61. The molecule has 0 N–H and O–H groups in total. The van der Waals surface area contributed by atoms with Crippen molar-refractivity contribution >= 4 is 0 Å². The van der Waals surface area contributed by atoms with Crippen LogP contribution in [0, 0.1) is 25.3 Å². The van der Waals surface area contributed by atoms with Gasteiger partial charge in [0.15, 0.2) is 0 Å². The summed E-state index contributed by atoms with van der Waals surface area (Å²) < 4.78 is 17.5. The third-order valence-electron chi connectivity index (χ3n) is 8.50. The lowest BCUT2D eigenvalue weighted by Gasteiger charge is -2.19. The van der Waals surface area contributed by atoms with Crippen LogP contribution in [0.4, 0.5) is 0 Å². The molecular formula is C32H28N8. The summed E-state index contributed by atoms with van der Waals surface area (Å²) in [6.45, 7) is 6.10. The van der Waals surface area contributed by atoms with Gasteiger partial charge in [0.25, 0.3) is 0 Å². The van der Waals surface area contributed by atoms with Crippen molar-refractivity contribution in [2.45, 2.75) is 52.4 Å². The van der Waals surface area contributed by atoms with Gasteiger partial charge in [-0.3, -0.25) is 0 Å². The van der Waals surface area contributed by atoms with Gasteiger partial charge >= 0.3 is 0 Å². The molecule has 196 valence electrons. The van der Waals surface area contributed by atoms with Crippen molar-refractivity contribution in [2.24, 2.45) is 0 Å². The normalized spacial score (nSPS) is 15.2. The standard InChI is InChI=1S/C32H28N8/c1-2-34-14-26-10-30-18-38-6-5-36(23-38)16-28-9-25(13-33(1)21-34)27-11-31(28)19-39-7-8-40(24-39)20-32(30)12-29(26)17-37-4-3-35(15-27)22-37/h1-12H,13-20H2. The molecule has 0 aliphatic carbocycles. The number of fused-ring (bicyclic) bond motifs is 12. The molecule has 6 heterocycles. The van der Waals surface area contributed by atoms with E-state index in [4.69, 9.17) is 0 Å². The third-order valence-corrected chi connectivity index (χ3v) is 8.50. The zero-order valence-electron chi connectivity index (χ0n) is 22.2. The Hall–Kier alpha value is -4.72. The van der Waals surface area contributed by atoms with Crippen molar-refractivity contribution in [2.75, 3.05) is 0 Å². The summed E-state index contributed by atoms with van der Waals surface area (Å²) in [5.41, 5.74) is 10.4. The Morgan fingerprint density at radius 2 is 0.625 bits per heavy atom. The lowest BCUT2D eigenvalue weighted by Crippen LogP contribution is -2.37. The summed E-state index contributed by atoms with van der Waals surface area (Å²) >= 11 is 0. The number of hydrogen-bond donors (Lipinski definition) is 0. The Labute approximate surface area is 232 Å². The summed E-state index contributed by atoms with van der Waals surface area (Å²) in [6.07, 6.45) is 31.7. The smallest absolute Gasteiger partial charge is 0.204 e. The second-order valence-corrected chi connectivity index (χ2v) is 11.4. The molecular weight excluding hydrogens is 496 g/mol. The molecule has 4 aromatic heterocycles. The van der Waals surface area contributed by atoms with E-state index in [1.807, 2.05) is 0 Å². The van der Waals surface area contributed by atoms with Crippen molar-refractivity contribution in [1.29, 1.82) is 0 Å². The fourth-order valence-corrected chi connectivity index (χ4v) is 6.50. The maximum absolute atomic E-state index is 3.62. The van der Waals surface area contributed by atoms with E-state index in [9.17, 15) is 0 Å². The predicted octanol–water partition coefficient (Wildman–Crippen LogP) is 0.570. The van der Waals surface area contributed by atoms with Crippen molar-refractivity contribution in [3.05, 3.63) is 144 Å². The van der Waals surface area contributed by atoms with E-state index >= 15 is 0 Å². The molecule has 0 radical (unpaired) electrons. The van der Waals surface area contributed by atoms with Crippen LogP contribution < -0.4 is 18.3 Å². The molecule has 8 rings (SSSR count).